The molecule has 5 heteroatoms. The Kier molecular flexibility index (Phi) is 3.03. The van der Waals surface area contributed by atoms with E-state index in [0.29, 0.717) is 16.7 Å². The number of imidazole rings is 1. The fourth-order valence-electron chi connectivity index (χ4n) is 3.39. The zero-order chi connectivity index (χ0) is 17.7. The summed E-state index contributed by atoms with van der Waals surface area (Å²) in [5.41, 5.74) is 7.89. The highest BCUT2D eigenvalue weighted by atomic mass is 16.2. The molecule has 0 unspecified atom stereocenters. The number of hydrogen-bond donors (Lipinski definition) is 1. The van der Waals surface area contributed by atoms with Gasteiger partial charge in [0, 0.05) is 16.7 Å². The van der Waals surface area contributed by atoms with Crippen LogP contribution >= 0.6 is 0 Å². The first-order chi connectivity index (χ1) is 12.7. The highest BCUT2D eigenvalue weighted by Crippen LogP contribution is 2.36. The van der Waals surface area contributed by atoms with E-state index in [1.165, 1.54) is 0 Å². The lowest BCUT2D eigenvalue weighted by atomic mass is 10.0. The van der Waals surface area contributed by atoms with Gasteiger partial charge in [-0.05, 0) is 35.4 Å². The third-order valence-corrected chi connectivity index (χ3v) is 4.66. The lowest BCUT2D eigenvalue weighted by molar-refractivity contribution is 0.101. The van der Waals surface area contributed by atoms with Crippen molar-refractivity contribution in [1.82, 2.24) is 9.66 Å². The van der Waals surface area contributed by atoms with E-state index in [1.807, 2.05) is 54.6 Å². The van der Waals surface area contributed by atoms with Crippen molar-refractivity contribution < 1.29 is 9.59 Å². The first kappa shape index (κ1) is 14.6. The first-order valence-electron chi connectivity index (χ1n) is 8.24. The Morgan fingerprint density at radius 1 is 0.846 bits per heavy atom. The van der Waals surface area contributed by atoms with Gasteiger partial charge in [-0.25, -0.2) is 9.66 Å². The van der Waals surface area contributed by atoms with Crippen molar-refractivity contribution in [3.05, 3.63) is 89.7 Å². The van der Waals surface area contributed by atoms with Crippen LogP contribution in [0, 0.1) is 0 Å². The molecule has 1 aliphatic carbocycles. The van der Waals surface area contributed by atoms with Crippen molar-refractivity contribution in [3.8, 4) is 11.1 Å². The molecular formula is C21H13N3O2. The van der Waals surface area contributed by atoms with Crippen LogP contribution < -0.4 is 5.43 Å². The number of rotatable bonds is 2. The molecule has 0 spiro atoms. The lowest BCUT2D eigenvalue weighted by Gasteiger charge is -2.08. The number of aromatic nitrogens is 2. The maximum absolute atomic E-state index is 12.7. The number of ketones is 1. The van der Waals surface area contributed by atoms with Gasteiger partial charge in [-0.3, -0.25) is 15.0 Å². The van der Waals surface area contributed by atoms with Gasteiger partial charge in [0.1, 0.15) is 6.33 Å². The van der Waals surface area contributed by atoms with Crippen molar-refractivity contribution in [1.29, 1.82) is 0 Å². The number of benzene rings is 3. The topological polar surface area (TPSA) is 64.0 Å². The summed E-state index contributed by atoms with van der Waals surface area (Å²) in [4.78, 5) is 29.5. The third-order valence-electron chi connectivity index (χ3n) is 4.66. The molecule has 0 saturated carbocycles. The quantitative estimate of drug-likeness (QED) is 0.534. The van der Waals surface area contributed by atoms with E-state index in [-0.39, 0.29) is 11.7 Å². The minimum atomic E-state index is -0.292. The molecule has 0 aliphatic heterocycles. The Morgan fingerprint density at radius 3 is 2.46 bits per heavy atom. The molecule has 0 radical (unpaired) electrons. The van der Waals surface area contributed by atoms with E-state index in [0.717, 1.165) is 22.2 Å². The van der Waals surface area contributed by atoms with E-state index in [9.17, 15) is 9.59 Å². The molecule has 3 aromatic carbocycles. The van der Waals surface area contributed by atoms with Gasteiger partial charge in [-0.15, -0.1) is 0 Å². The first-order valence-corrected chi connectivity index (χ1v) is 8.24. The van der Waals surface area contributed by atoms with E-state index in [1.54, 1.807) is 23.1 Å². The number of nitrogens with zero attached hydrogens (tertiary/aromatic N) is 2. The van der Waals surface area contributed by atoms with E-state index in [2.05, 4.69) is 10.4 Å². The average molecular weight is 339 g/mol. The Morgan fingerprint density at radius 2 is 1.58 bits per heavy atom. The summed E-state index contributed by atoms with van der Waals surface area (Å²) < 4.78 is 1.58. The molecule has 26 heavy (non-hydrogen) atoms. The van der Waals surface area contributed by atoms with Gasteiger partial charge in [0.25, 0.3) is 5.91 Å². The molecule has 1 aromatic heterocycles. The summed E-state index contributed by atoms with van der Waals surface area (Å²) in [5.74, 6) is -0.335. The molecule has 1 aliphatic rings. The van der Waals surface area contributed by atoms with Crippen molar-refractivity contribution >= 4 is 22.7 Å². The molecule has 4 aromatic rings. The molecule has 0 atom stereocenters. The zero-order valence-electron chi connectivity index (χ0n) is 13.6. The van der Waals surface area contributed by atoms with Crippen LogP contribution in [0.1, 0.15) is 26.3 Å². The maximum Gasteiger partial charge on any atom is 0.270 e. The molecule has 0 bridgehead atoms. The number of amides is 1. The Labute approximate surface area is 148 Å². The van der Waals surface area contributed by atoms with Crippen LogP contribution in [-0.2, 0) is 0 Å². The summed E-state index contributed by atoms with van der Waals surface area (Å²) in [6.45, 7) is 0. The Bertz CT molecular complexity index is 1210. The lowest BCUT2D eigenvalue weighted by Crippen LogP contribution is -2.22. The van der Waals surface area contributed by atoms with Crippen LogP contribution in [0.15, 0.2) is 73.1 Å². The van der Waals surface area contributed by atoms with E-state index in [4.69, 9.17) is 0 Å². The highest BCUT2D eigenvalue weighted by molar-refractivity contribution is 6.22. The molecule has 0 fully saturated rings. The number of fused-ring (bicyclic) bond motifs is 4. The fraction of sp³-hybridized carbons (Fsp3) is 0. The van der Waals surface area contributed by atoms with Crippen LogP contribution in [-0.4, -0.2) is 21.4 Å². The minimum Gasteiger partial charge on any atom is -0.289 e. The van der Waals surface area contributed by atoms with Gasteiger partial charge in [0.05, 0.1) is 11.0 Å². The molecule has 1 heterocycles. The van der Waals surface area contributed by atoms with Crippen molar-refractivity contribution in [2.45, 2.75) is 0 Å². The summed E-state index contributed by atoms with van der Waals surface area (Å²) >= 11 is 0. The van der Waals surface area contributed by atoms with Crippen molar-refractivity contribution in [3.63, 3.8) is 0 Å². The second-order valence-electron chi connectivity index (χ2n) is 6.18. The standard InChI is InChI=1S/C21H13N3O2/c25-20-16-6-2-1-5-14(16)15-10-9-13(11-17(15)20)21(26)23-24-12-22-18-7-3-4-8-19(18)24/h1-12H,(H,23,26). The summed E-state index contributed by atoms with van der Waals surface area (Å²) in [5, 5.41) is 0. The Balaban J connectivity index is 1.50. The van der Waals surface area contributed by atoms with Gasteiger partial charge in [0.15, 0.2) is 5.78 Å². The van der Waals surface area contributed by atoms with Crippen LogP contribution in [0.5, 0.6) is 0 Å². The second kappa shape index (κ2) is 5.39. The predicted octanol–water partition coefficient (Wildman–Crippen LogP) is 3.63. The van der Waals surface area contributed by atoms with Crippen LogP contribution in [0.2, 0.25) is 0 Å². The minimum absolute atomic E-state index is 0.0432. The van der Waals surface area contributed by atoms with Crippen molar-refractivity contribution in [2.24, 2.45) is 0 Å². The molecule has 124 valence electrons. The zero-order valence-corrected chi connectivity index (χ0v) is 13.6. The SMILES string of the molecule is O=C(Nn1cnc2ccccc21)c1ccc2c(c1)C(=O)c1ccccc1-2. The largest absolute Gasteiger partial charge is 0.289 e. The molecule has 5 rings (SSSR count). The van der Waals surface area contributed by atoms with Gasteiger partial charge in [-0.2, -0.15) is 0 Å². The summed E-state index contributed by atoms with van der Waals surface area (Å²) in [7, 11) is 0. The molecular weight excluding hydrogens is 326 g/mol. The van der Waals surface area contributed by atoms with Crippen LogP contribution in [0.3, 0.4) is 0 Å². The van der Waals surface area contributed by atoms with E-state index >= 15 is 0 Å². The van der Waals surface area contributed by atoms with Gasteiger partial charge in [0.2, 0.25) is 0 Å². The maximum atomic E-state index is 12.7. The van der Waals surface area contributed by atoms with Gasteiger partial charge in [-0.1, -0.05) is 42.5 Å². The fourth-order valence-corrected chi connectivity index (χ4v) is 3.39. The predicted molar refractivity (Wildman–Crippen MR) is 98.7 cm³/mol. The summed E-state index contributed by atoms with van der Waals surface area (Å²) in [6, 6.07) is 20.3. The number of hydrogen-bond acceptors (Lipinski definition) is 3. The number of para-hydroxylation sites is 2. The molecule has 0 saturated heterocycles. The summed E-state index contributed by atoms with van der Waals surface area (Å²) in [6.07, 6.45) is 1.57. The number of nitrogens with one attached hydrogen (secondary N) is 1. The van der Waals surface area contributed by atoms with E-state index < -0.39 is 0 Å². The second-order valence-corrected chi connectivity index (χ2v) is 6.18. The smallest absolute Gasteiger partial charge is 0.270 e. The van der Waals surface area contributed by atoms with Gasteiger partial charge < -0.3 is 0 Å². The molecule has 5 nitrogen and oxygen atoms in total. The van der Waals surface area contributed by atoms with Crippen LogP contribution in [0.25, 0.3) is 22.2 Å². The van der Waals surface area contributed by atoms with Crippen molar-refractivity contribution in [2.75, 3.05) is 5.43 Å². The average Bonchev–Trinajstić information content (AvgIpc) is 3.22. The highest BCUT2D eigenvalue weighted by Gasteiger charge is 2.27. The molecule has 1 amide bonds. The monoisotopic (exact) mass is 339 g/mol. The Hall–Kier alpha value is -3.73. The van der Waals surface area contributed by atoms with Gasteiger partial charge >= 0.3 is 0 Å². The molecule has 1 N–H and O–H groups in total. The third kappa shape index (κ3) is 2.07. The number of carbonyl (C=O) groups excluding carboxylic acids is 2. The normalized spacial score (nSPS) is 12.1. The number of carbonyl (C=O) groups is 2. The van der Waals surface area contributed by atoms with Crippen LogP contribution in [0.4, 0.5) is 0 Å².